The summed E-state index contributed by atoms with van der Waals surface area (Å²) in [6, 6.07) is 54.9. The lowest BCUT2D eigenvalue weighted by molar-refractivity contribution is 0.669. The Morgan fingerprint density at radius 3 is 2.02 bits per heavy atom. The van der Waals surface area contributed by atoms with Crippen LogP contribution in [0.4, 0.5) is 0 Å². The fraction of sp³-hybridized carbons (Fsp3) is 0. The summed E-state index contributed by atoms with van der Waals surface area (Å²) in [5.74, 6) is 0.904. The van der Waals surface area contributed by atoms with Gasteiger partial charge in [0.1, 0.15) is 28.2 Å². The predicted molar refractivity (Wildman–Crippen MR) is 192 cm³/mol. The van der Waals surface area contributed by atoms with Crippen LogP contribution in [-0.4, -0.2) is 9.55 Å². The van der Waals surface area contributed by atoms with Crippen molar-refractivity contribution in [3.8, 4) is 39.3 Å². The standard InChI is InChI=1S/C43H26N2O2/c1-2-13-31(14-3-1)45-37-18-7-6-17-36(37)44-43(45)29-12-10-11-28(23-29)34-25-30(26-41-42(34)33-16-5-9-20-39(33)47-41)27-21-22-40-35(24-27)32-15-4-8-19-38(32)46-40/h1-26H. The van der Waals surface area contributed by atoms with Crippen LogP contribution in [0.3, 0.4) is 0 Å². The Bertz CT molecular complexity index is 2800. The highest BCUT2D eigenvalue weighted by atomic mass is 16.3. The average molecular weight is 603 g/mol. The van der Waals surface area contributed by atoms with Gasteiger partial charge in [0.2, 0.25) is 0 Å². The van der Waals surface area contributed by atoms with Gasteiger partial charge in [0.15, 0.2) is 0 Å². The van der Waals surface area contributed by atoms with Gasteiger partial charge in [0, 0.05) is 32.8 Å². The van der Waals surface area contributed by atoms with Crippen LogP contribution in [0.2, 0.25) is 0 Å². The molecule has 3 heterocycles. The van der Waals surface area contributed by atoms with Crippen LogP contribution in [0.25, 0.3) is 94.2 Å². The summed E-state index contributed by atoms with van der Waals surface area (Å²) in [4.78, 5) is 5.15. The molecule has 7 aromatic carbocycles. The third-order valence-corrected chi connectivity index (χ3v) is 9.20. The summed E-state index contributed by atoms with van der Waals surface area (Å²) >= 11 is 0. The molecule has 0 N–H and O–H groups in total. The quantitative estimate of drug-likeness (QED) is 0.201. The van der Waals surface area contributed by atoms with E-state index in [4.69, 9.17) is 13.8 Å². The number of nitrogens with zero attached hydrogens (tertiary/aromatic N) is 2. The molecule has 0 aliphatic rings. The van der Waals surface area contributed by atoms with E-state index in [1.807, 2.05) is 36.4 Å². The highest BCUT2D eigenvalue weighted by Gasteiger charge is 2.19. The molecular weight excluding hydrogens is 576 g/mol. The number of aromatic nitrogens is 2. The van der Waals surface area contributed by atoms with Gasteiger partial charge in [-0.25, -0.2) is 4.98 Å². The van der Waals surface area contributed by atoms with Crippen LogP contribution >= 0.6 is 0 Å². The van der Waals surface area contributed by atoms with Crippen molar-refractivity contribution < 1.29 is 8.83 Å². The van der Waals surface area contributed by atoms with Gasteiger partial charge >= 0.3 is 0 Å². The molecule has 220 valence electrons. The molecule has 0 aliphatic heterocycles. The number of rotatable bonds is 4. The normalized spacial score (nSPS) is 11.8. The zero-order chi connectivity index (χ0) is 30.9. The molecule has 4 nitrogen and oxygen atoms in total. The van der Waals surface area contributed by atoms with Crippen LogP contribution in [0, 0.1) is 0 Å². The highest BCUT2D eigenvalue weighted by Crippen LogP contribution is 2.42. The van der Waals surface area contributed by atoms with Crippen molar-refractivity contribution in [2.45, 2.75) is 0 Å². The molecule has 4 heteroatoms. The van der Waals surface area contributed by atoms with Crippen molar-refractivity contribution in [3.05, 3.63) is 158 Å². The van der Waals surface area contributed by atoms with E-state index in [0.717, 1.165) is 94.2 Å². The molecule has 0 saturated heterocycles. The summed E-state index contributed by atoms with van der Waals surface area (Å²) in [5, 5.41) is 4.42. The van der Waals surface area contributed by atoms with Crippen molar-refractivity contribution >= 4 is 54.9 Å². The second-order valence-corrected chi connectivity index (χ2v) is 12.0. The first-order valence-electron chi connectivity index (χ1n) is 15.8. The molecular formula is C43H26N2O2. The van der Waals surface area contributed by atoms with E-state index >= 15 is 0 Å². The molecule has 0 atom stereocenters. The topological polar surface area (TPSA) is 44.1 Å². The van der Waals surface area contributed by atoms with Crippen LogP contribution in [-0.2, 0) is 0 Å². The van der Waals surface area contributed by atoms with Gasteiger partial charge < -0.3 is 8.83 Å². The molecule has 0 unspecified atom stereocenters. The largest absolute Gasteiger partial charge is 0.456 e. The van der Waals surface area contributed by atoms with Gasteiger partial charge in [-0.1, -0.05) is 91.0 Å². The van der Waals surface area contributed by atoms with Gasteiger partial charge in [-0.3, -0.25) is 4.57 Å². The Morgan fingerprint density at radius 2 is 1.13 bits per heavy atom. The number of imidazole rings is 1. The van der Waals surface area contributed by atoms with Gasteiger partial charge in [0.05, 0.1) is 11.0 Å². The Hall–Kier alpha value is -6.39. The Balaban J connectivity index is 1.21. The number of hydrogen-bond donors (Lipinski definition) is 0. The van der Waals surface area contributed by atoms with Crippen molar-refractivity contribution in [1.29, 1.82) is 0 Å². The number of para-hydroxylation sites is 5. The van der Waals surface area contributed by atoms with Crippen molar-refractivity contribution in [3.63, 3.8) is 0 Å². The summed E-state index contributed by atoms with van der Waals surface area (Å²) < 4.78 is 14.9. The number of benzene rings is 7. The van der Waals surface area contributed by atoms with Gasteiger partial charge in [-0.2, -0.15) is 0 Å². The molecule has 0 aliphatic carbocycles. The van der Waals surface area contributed by atoms with Crippen LogP contribution < -0.4 is 0 Å². The second-order valence-electron chi connectivity index (χ2n) is 12.0. The van der Waals surface area contributed by atoms with E-state index in [1.54, 1.807) is 0 Å². The van der Waals surface area contributed by atoms with Crippen LogP contribution in [0.15, 0.2) is 167 Å². The molecule has 0 amide bonds. The zero-order valence-corrected chi connectivity index (χ0v) is 25.2. The van der Waals surface area contributed by atoms with Gasteiger partial charge in [-0.05, 0) is 89.0 Å². The summed E-state index contributed by atoms with van der Waals surface area (Å²) in [6.45, 7) is 0. The van der Waals surface area contributed by atoms with Gasteiger partial charge in [0.25, 0.3) is 0 Å². The minimum Gasteiger partial charge on any atom is -0.456 e. The Morgan fingerprint density at radius 1 is 0.426 bits per heavy atom. The summed E-state index contributed by atoms with van der Waals surface area (Å²) in [6.07, 6.45) is 0. The summed E-state index contributed by atoms with van der Waals surface area (Å²) in [5.41, 5.74) is 12.1. The first-order valence-corrected chi connectivity index (χ1v) is 15.8. The first kappa shape index (κ1) is 25.9. The van der Waals surface area contributed by atoms with E-state index in [2.05, 4.69) is 126 Å². The minimum absolute atomic E-state index is 0.859. The molecule has 0 fully saturated rings. The summed E-state index contributed by atoms with van der Waals surface area (Å²) in [7, 11) is 0. The fourth-order valence-electron chi connectivity index (χ4n) is 7.04. The molecule has 10 aromatic rings. The van der Waals surface area contributed by atoms with Crippen molar-refractivity contribution in [2.75, 3.05) is 0 Å². The number of hydrogen-bond acceptors (Lipinski definition) is 3. The Kier molecular flexibility index (Phi) is 5.54. The van der Waals surface area contributed by atoms with Crippen LogP contribution in [0.5, 0.6) is 0 Å². The number of fused-ring (bicyclic) bond motifs is 7. The van der Waals surface area contributed by atoms with E-state index in [1.165, 1.54) is 0 Å². The lowest BCUT2D eigenvalue weighted by Crippen LogP contribution is -1.97. The predicted octanol–water partition coefficient (Wildman–Crippen LogP) is 11.8. The lowest BCUT2D eigenvalue weighted by atomic mass is 9.93. The van der Waals surface area contributed by atoms with Gasteiger partial charge in [-0.15, -0.1) is 0 Å². The average Bonchev–Trinajstić information content (AvgIpc) is 3.83. The maximum absolute atomic E-state index is 6.52. The lowest BCUT2D eigenvalue weighted by Gasteiger charge is -2.12. The third kappa shape index (κ3) is 4.05. The molecule has 0 radical (unpaired) electrons. The SMILES string of the molecule is c1ccc(-n2c(-c3cccc(-c4cc(-c5ccc6oc7ccccc7c6c5)cc5oc6ccccc6c45)c3)nc3ccccc32)cc1. The first-order chi connectivity index (χ1) is 23.3. The number of furan rings is 2. The molecule has 0 bridgehead atoms. The van der Waals surface area contributed by atoms with Crippen molar-refractivity contribution in [2.24, 2.45) is 0 Å². The molecule has 10 rings (SSSR count). The maximum atomic E-state index is 6.52. The monoisotopic (exact) mass is 602 g/mol. The Labute approximate surface area is 269 Å². The fourth-order valence-corrected chi connectivity index (χ4v) is 7.04. The molecule has 0 spiro atoms. The second kappa shape index (κ2) is 10.1. The van der Waals surface area contributed by atoms with E-state index in [0.29, 0.717) is 0 Å². The molecule has 0 saturated carbocycles. The van der Waals surface area contributed by atoms with E-state index in [-0.39, 0.29) is 0 Å². The van der Waals surface area contributed by atoms with Crippen LogP contribution in [0.1, 0.15) is 0 Å². The molecule has 3 aromatic heterocycles. The smallest absolute Gasteiger partial charge is 0.145 e. The maximum Gasteiger partial charge on any atom is 0.145 e. The highest BCUT2D eigenvalue weighted by molar-refractivity contribution is 6.14. The minimum atomic E-state index is 0.859. The van der Waals surface area contributed by atoms with Crippen molar-refractivity contribution in [1.82, 2.24) is 9.55 Å². The van der Waals surface area contributed by atoms with E-state index in [9.17, 15) is 0 Å². The van der Waals surface area contributed by atoms with E-state index < -0.39 is 0 Å². The molecule has 47 heavy (non-hydrogen) atoms. The zero-order valence-electron chi connectivity index (χ0n) is 25.2. The third-order valence-electron chi connectivity index (χ3n) is 9.20.